The van der Waals surface area contributed by atoms with Gasteiger partial charge < -0.3 is 5.11 Å². The Morgan fingerprint density at radius 1 is 1.57 bits per heavy atom. The number of aliphatic carboxylic acids is 1. The number of rotatable bonds is 4. The maximum absolute atomic E-state index is 12.7. The molecule has 0 aliphatic heterocycles. The molecule has 0 amide bonds. The largest absolute Gasteiger partial charge is 0.481 e. The summed E-state index contributed by atoms with van der Waals surface area (Å²) in [5.74, 6) is -1.45. The van der Waals surface area contributed by atoms with Crippen LogP contribution >= 0.6 is 0 Å². The fourth-order valence-corrected chi connectivity index (χ4v) is 1.20. The molecule has 1 rings (SSSR count). The highest BCUT2D eigenvalue weighted by atomic mass is 19.1. The Morgan fingerprint density at radius 3 is 2.86 bits per heavy atom. The van der Waals surface area contributed by atoms with Crippen LogP contribution in [-0.2, 0) is 11.2 Å². The van der Waals surface area contributed by atoms with Crippen LogP contribution in [-0.4, -0.2) is 11.1 Å². The van der Waals surface area contributed by atoms with Crippen LogP contribution in [0.5, 0.6) is 0 Å². The van der Waals surface area contributed by atoms with Crippen molar-refractivity contribution < 1.29 is 14.3 Å². The minimum Gasteiger partial charge on any atom is -0.481 e. The summed E-state index contributed by atoms with van der Waals surface area (Å²) in [5, 5.41) is 8.64. The first-order valence-electron chi connectivity index (χ1n) is 4.57. The molecule has 1 atom stereocenters. The number of carboxylic acids is 1. The molecular weight excluding hydrogens is 183 g/mol. The Labute approximate surface area is 82.4 Å². The van der Waals surface area contributed by atoms with E-state index in [1.165, 1.54) is 12.1 Å². The summed E-state index contributed by atoms with van der Waals surface area (Å²) in [4.78, 5) is 10.5. The number of hydrogen-bond donors (Lipinski definition) is 1. The lowest BCUT2D eigenvalue weighted by Crippen LogP contribution is -2.10. The van der Waals surface area contributed by atoms with Gasteiger partial charge in [0, 0.05) is 0 Å². The molecule has 3 heteroatoms. The standard InChI is InChI=1S/C11H13FO2/c1-8(11(13)14)5-6-9-3-2-4-10(12)7-9/h2-4,7-8H,5-6H2,1H3,(H,13,14). The lowest BCUT2D eigenvalue weighted by Gasteiger charge is -2.05. The third-order valence-electron chi connectivity index (χ3n) is 2.18. The van der Waals surface area contributed by atoms with Crippen molar-refractivity contribution in [2.24, 2.45) is 5.92 Å². The number of hydrogen-bond acceptors (Lipinski definition) is 1. The van der Waals surface area contributed by atoms with Crippen LogP contribution in [0.25, 0.3) is 0 Å². The quantitative estimate of drug-likeness (QED) is 0.803. The van der Waals surface area contributed by atoms with E-state index in [0.29, 0.717) is 12.8 Å². The summed E-state index contributed by atoms with van der Waals surface area (Å²) in [5.41, 5.74) is 0.845. The normalized spacial score (nSPS) is 12.4. The van der Waals surface area contributed by atoms with E-state index in [4.69, 9.17) is 5.11 Å². The monoisotopic (exact) mass is 196 g/mol. The van der Waals surface area contributed by atoms with Gasteiger partial charge in [0.15, 0.2) is 0 Å². The van der Waals surface area contributed by atoms with E-state index in [1.807, 2.05) is 0 Å². The maximum atomic E-state index is 12.7. The molecule has 0 heterocycles. The summed E-state index contributed by atoms with van der Waals surface area (Å²) in [6.07, 6.45) is 1.14. The van der Waals surface area contributed by atoms with Crippen LogP contribution in [0.15, 0.2) is 24.3 Å². The second-order valence-electron chi connectivity index (χ2n) is 3.41. The minimum atomic E-state index is -0.804. The smallest absolute Gasteiger partial charge is 0.306 e. The maximum Gasteiger partial charge on any atom is 0.306 e. The fraction of sp³-hybridized carbons (Fsp3) is 0.364. The molecule has 0 saturated carbocycles. The number of carboxylic acid groups (broad SMARTS) is 1. The van der Waals surface area contributed by atoms with Crippen molar-refractivity contribution in [2.75, 3.05) is 0 Å². The third-order valence-corrected chi connectivity index (χ3v) is 2.18. The summed E-state index contributed by atoms with van der Waals surface area (Å²) >= 11 is 0. The van der Waals surface area contributed by atoms with E-state index in [2.05, 4.69) is 0 Å². The van der Waals surface area contributed by atoms with Gasteiger partial charge in [0.25, 0.3) is 0 Å². The molecule has 76 valence electrons. The Balaban J connectivity index is 2.49. The van der Waals surface area contributed by atoms with Gasteiger partial charge in [-0.1, -0.05) is 19.1 Å². The fourth-order valence-electron chi connectivity index (χ4n) is 1.20. The van der Waals surface area contributed by atoms with E-state index in [-0.39, 0.29) is 11.7 Å². The van der Waals surface area contributed by atoms with Crippen molar-refractivity contribution in [2.45, 2.75) is 19.8 Å². The average Bonchev–Trinajstić information content (AvgIpc) is 2.14. The van der Waals surface area contributed by atoms with E-state index < -0.39 is 5.97 Å². The van der Waals surface area contributed by atoms with E-state index in [1.54, 1.807) is 19.1 Å². The molecule has 0 aliphatic carbocycles. The molecule has 0 bridgehead atoms. The van der Waals surface area contributed by atoms with Crippen molar-refractivity contribution in [3.05, 3.63) is 35.6 Å². The number of benzene rings is 1. The highest BCUT2D eigenvalue weighted by Crippen LogP contribution is 2.10. The molecule has 0 fully saturated rings. The second kappa shape index (κ2) is 4.74. The Hall–Kier alpha value is -1.38. The zero-order valence-electron chi connectivity index (χ0n) is 8.03. The van der Waals surface area contributed by atoms with Crippen LogP contribution < -0.4 is 0 Å². The SMILES string of the molecule is CC(CCc1cccc(F)c1)C(=O)O. The molecule has 0 spiro atoms. The van der Waals surface area contributed by atoms with Gasteiger partial charge in [-0.15, -0.1) is 0 Å². The van der Waals surface area contributed by atoms with E-state index in [0.717, 1.165) is 5.56 Å². The molecule has 2 nitrogen and oxygen atoms in total. The van der Waals surface area contributed by atoms with Gasteiger partial charge in [0.05, 0.1) is 5.92 Å². The summed E-state index contributed by atoms with van der Waals surface area (Å²) in [6, 6.07) is 6.26. The van der Waals surface area contributed by atoms with Crippen LogP contribution in [0.1, 0.15) is 18.9 Å². The van der Waals surface area contributed by atoms with Gasteiger partial charge in [-0.25, -0.2) is 4.39 Å². The molecule has 0 aromatic heterocycles. The van der Waals surface area contributed by atoms with Crippen LogP contribution in [0.4, 0.5) is 4.39 Å². The van der Waals surface area contributed by atoms with Gasteiger partial charge in [-0.3, -0.25) is 4.79 Å². The van der Waals surface area contributed by atoms with Gasteiger partial charge in [-0.05, 0) is 30.5 Å². The first-order chi connectivity index (χ1) is 6.59. The third kappa shape index (κ3) is 3.17. The summed E-state index contributed by atoms with van der Waals surface area (Å²) in [7, 11) is 0. The molecule has 1 unspecified atom stereocenters. The van der Waals surface area contributed by atoms with Gasteiger partial charge in [0.2, 0.25) is 0 Å². The average molecular weight is 196 g/mol. The van der Waals surface area contributed by atoms with Gasteiger partial charge >= 0.3 is 5.97 Å². The van der Waals surface area contributed by atoms with Crippen molar-refractivity contribution in [1.82, 2.24) is 0 Å². The highest BCUT2D eigenvalue weighted by Gasteiger charge is 2.10. The number of halogens is 1. The lowest BCUT2D eigenvalue weighted by molar-refractivity contribution is -0.141. The second-order valence-corrected chi connectivity index (χ2v) is 3.41. The van der Waals surface area contributed by atoms with Crippen molar-refractivity contribution in [1.29, 1.82) is 0 Å². The van der Waals surface area contributed by atoms with E-state index >= 15 is 0 Å². The van der Waals surface area contributed by atoms with E-state index in [9.17, 15) is 9.18 Å². The predicted molar refractivity (Wildman–Crippen MR) is 51.5 cm³/mol. The van der Waals surface area contributed by atoms with Gasteiger partial charge in [-0.2, -0.15) is 0 Å². The molecule has 0 radical (unpaired) electrons. The van der Waals surface area contributed by atoms with Crippen LogP contribution in [0.3, 0.4) is 0 Å². The summed E-state index contributed by atoms with van der Waals surface area (Å²) < 4.78 is 12.7. The van der Waals surface area contributed by atoms with Crippen LogP contribution in [0.2, 0.25) is 0 Å². The predicted octanol–water partition coefficient (Wildman–Crippen LogP) is 2.48. The molecule has 14 heavy (non-hydrogen) atoms. The molecular formula is C11H13FO2. The molecule has 1 aromatic rings. The zero-order valence-corrected chi connectivity index (χ0v) is 8.03. The van der Waals surface area contributed by atoms with Crippen molar-refractivity contribution in [3.8, 4) is 0 Å². The summed E-state index contributed by atoms with van der Waals surface area (Å²) in [6.45, 7) is 1.65. The van der Waals surface area contributed by atoms with Crippen LogP contribution in [0, 0.1) is 11.7 Å². The Bertz CT molecular complexity index is 323. The number of aryl methyl sites for hydroxylation is 1. The zero-order chi connectivity index (χ0) is 10.6. The number of carbonyl (C=O) groups is 1. The molecule has 0 aliphatic rings. The first-order valence-corrected chi connectivity index (χ1v) is 4.57. The topological polar surface area (TPSA) is 37.3 Å². The molecule has 0 saturated heterocycles. The molecule has 1 aromatic carbocycles. The van der Waals surface area contributed by atoms with Crippen molar-refractivity contribution >= 4 is 5.97 Å². The highest BCUT2D eigenvalue weighted by molar-refractivity contribution is 5.69. The Kier molecular flexibility index (Phi) is 3.63. The minimum absolute atomic E-state index is 0.273. The molecule has 1 N–H and O–H groups in total. The lowest BCUT2D eigenvalue weighted by atomic mass is 10.0. The first kappa shape index (κ1) is 10.7. The van der Waals surface area contributed by atoms with Gasteiger partial charge in [0.1, 0.15) is 5.82 Å². The Morgan fingerprint density at radius 2 is 2.29 bits per heavy atom. The van der Waals surface area contributed by atoms with Crippen molar-refractivity contribution in [3.63, 3.8) is 0 Å².